The van der Waals surface area contributed by atoms with E-state index in [1.807, 2.05) is 31.7 Å². The molecule has 1 amide bonds. The van der Waals surface area contributed by atoms with Crippen LogP contribution in [0.1, 0.15) is 25.8 Å². The van der Waals surface area contributed by atoms with Crippen LogP contribution in [-0.2, 0) is 14.8 Å². The van der Waals surface area contributed by atoms with Crippen molar-refractivity contribution in [3.8, 4) is 0 Å². The third kappa shape index (κ3) is 5.14. The number of nitrogens with one attached hydrogen (secondary N) is 1. The van der Waals surface area contributed by atoms with Crippen molar-refractivity contribution in [2.24, 2.45) is 5.92 Å². The van der Waals surface area contributed by atoms with E-state index < -0.39 is 10.0 Å². The van der Waals surface area contributed by atoms with Crippen LogP contribution in [0, 0.1) is 12.8 Å². The largest absolute Gasteiger partial charge is 0.366 e. The number of sulfonamides is 1. The Bertz CT molecular complexity index is 999. The first-order chi connectivity index (χ1) is 14.2. The van der Waals surface area contributed by atoms with Gasteiger partial charge in [-0.3, -0.25) is 4.79 Å². The molecule has 0 atom stereocenters. The number of halogens is 1. The molecule has 2 aromatic carbocycles. The van der Waals surface area contributed by atoms with E-state index in [0.717, 1.165) is 11.3 Å². The molecule has 1 saturated heterocycles. The van der Waals surface area contributed by atoms with E-state index >= 15 is 0 Å². The van der Waals surface area contributed by atoms with Crippen LogP contribution in [0.3, 0.4) is 0 Å². The van der Waals surface area contributed by atoms with Crippen molar-refractivity contribution in [2.45, 2.75) is 32.1 Å². The molecule has 0 aliphatic carbocycles. The second-order valence-corrected chi connectivity index (χ2v) is 10.3. The Morgan fingerprint density at radius 1 is 1.07 bits per heavy atom. The van der Waals surface area contributed by atoms with Crippen LogP contribution in [0.2, 0.25) is 5.02 Å². The van der Waals surface area contributed by atoms with Crippen LogP contribution in [0.15, 0.2) is 47.4 Å². The lowest BCUT2D eigenvalue weighted by molar-refractivity contribution is -0.116. The van der Waals surface area contributed by atoms with Gasteiger partial charge in [0.05, 0.1) is 21.3 Å². The van der Waals surface area contributed by atoms with E-state index in [1.165, 1.54) is 4.31 Å². The molecule has 0 spiro atoms. The van der Waals surface area contributed by atoms with E-state index in [0.29, 0.717) is 48.2 Å². The topological polar surface area (TPSA) is 69.7 Å². The first kappa shape index (κ1) is 22.6. The number of anilines is 2. The molecule has 3 rings (SSSR count). The van der Waals surface area contributed by atoms with Crippen LogP contribution >= 0.6 is 11.6 Å². The summed E-state index contributed by atoms with van der Waals surface area (Å²) in [6.07, 6.45) is 0.425. The Kier molecular flexibility index (Phi) is 7.06. The lowest BCUT2D eigenvalue weighted by Crippen LogP contribution is -2.49. The maximum Gasteiger partial charge on any atom is 0.243 e. The van der Waals surface area contributed by atoms with E-state index in [2.05, 4.69) is 5.32 Å². The number of hydrogen-bond donors (Lipinski definition) is 1. The lowest BCUT2D eigenvalue weighted by Gasteiger charge is -2.36. The van der Waals surface area contributed by atoms with Crippen molar-refractivity contribution in [1.82, 2.24) is 4.31 Å². The fourth-order valence-corrected chi connectivity index (χ4v) is 5.24. The number of piperazine rings is 1. The van der Waals surface area contributed by atoms with Gasteiger partial charge in [0.25, 0.3) is 0 Å². The molecule has 0 bridgehead atoms. The minimum Gasteiger partial charge on any atom is -0.366 e. The first-order valence-corrected chi connectivity index (χ1v) is 11.9. The van der Waals surface area contributed by atoms with Gasteiger partial charge < -0.3 is 10.2 Å². The van der Waals surface area contributed by atoms with Crippen molar-refractivity contribution < 1.29 is 13.2 Å². The summed E-state index contributed by atoms with van der Waals surface area (Å²) in [6.45, 7) is 7.58. The van der Waals surface area contributed by atoms with Gasteiger partial charge in [-0.25, -0.2) is 8.42 Å². The van der Waals surface area contributed by atoms with Gasteiger partial charge in [-0.2, -0.15) is 4.31 Å². The Hall–Kier alpha value is -2.09. The van der Waals surface area contributed by atoms with Crippen LogP contribution in [-0.4, -0.2) is 44.8 Å². The quantitative estimate of drug-likeness (QED) is 0.719. The highest BCUT2D eigenvalue weighted by molar-refractivity contribution is 7.89. The van der Waals surface area contributed by atoms with Crippen molar-refractivity contribution in [1.29, 1.82) is 0 Å². The van der Waals surface area contributed by atoms with Gasteiger partial charge in [-0.05, 0) is 37.1 Å². The predicted octanol–water partition coefficient (Wildman–Crippen LogP) is 4.14. The zero-order valence-corrected chi connectivity index (χ0v) is 19.1. The highest BCUT2D eigenvalue weighted by atomic mass is 35.5. The molecule has 30 heavy (non-hydrogen) atoms. The molecular formula is C22H28ClN3O3S. The molecule has 1 fully saturated rings. The van der Waals surface area contributed by atoms with Crippen LogP contribution in [0.4, 0.5) is 11.4 Å². The smallest absolute Gasteiger partial charge is 0.243 e. The van der Waals surface area contributed by atoms with Crippen LogP contribution < -0.4 is 10.2 Å². The Morgan fingerprint density at radius 3 is 2.30 bits per heavy atom. The summed E-state index contributed by atoms with van der Waals surface area (Å²) in [5.41, 5.74) is 2.41. The number of carbonyl (C=O) groups is 1. The van der Waals surface area contributed by atoms with Crippen molar-refractivity contribution in [2.75, 3.05) is 36.4 Å². The fourth-order valence-electron chi connectivity index (χ4n) is 3.52. The van der Waals surface area contributed by atoms with Gasteiger partial charge in [-0.1, -0.05) is 49.2 Å². The molecule has 0 saturated carbocycles. The molecular weight excluding hydrogens is 422 g/mol. The Balaban J connectivity index is 1.75. The minimum atomic E-state index is -3.53. The third-order valence-corrected chi connectivity index (χ3v) is 7.29. The van der Waals surface area contributed by atoms with Crippen molar-refractivity contribution in [3.63, 3.8) is 0 Å². The van der Waals surface area contributed by atoms with Gasteiger partial charge in [0.1, 0.15) is 0 Å². The zero-order valence-electron chi connectivity index (χ0n) is 17.6. The van der Waals surface area contributed by atoms with Gasteiger partial charge >= 0.3 is 0 Å². The van der Waals surface area contributed by atoms with Crippen molar-refractivity contribution >= 4 is 38.9 Å². The molecule has 0 radical (unpaired) electrons. The van der Waals surface area contributed by atoms with E-state index in [4.69, 9.17) is 11.6 Å². The number of benzene rings is 2. The summed E-state index contributed by atoms with van der Waals surface area (Å²) >= 11 is 6.46. The number of carbonyl (C=O) groups excluding carboxylic acids is 1. The molecule has 2 aromatic rings. The number of hydrogen-bond acceptors (Lipinski definition) is 4. The van der Waals surface area contributed by atoms with Crippen LogP contribution in [0.25, 0.3) is 0 Å². The van der Waals surface area contributed by atoms with E-state index in [-0.39, 0.29) is 11.8 Å². The maximum absolute atomic E-state index is 12.9. The fraction of sp³-hybridized carbons (Fsp3) is 0.409. The molecule has 6 nitrogen and oxygen atoms in total. The first-order valence-electron chi connectivity index (χ1n) is 10.1. The standard InChI is InChI=1S/C22H28ClN3O3S/c1-16(2)15-21(27)24-20-6-4-5-19(23)22(20)25-11-13-26(14-12-25)30(28,29)18-9-7-17(3)8-10-18/h4-10,16H,11-15H2,1-3H3,(H,24,27). The minimum absolute atomic E-state index is 0.0610. The number of amides is 1. The third-order valence-electron chi connectivity index (χ3n) is 5.07. The van der Waals surface area contributed by atoms with E-state index in [9.17, 15) is 13.2 Å². The molecule has 1 aliphatic heterocycles. The highest BCUT2D eigenvalue weighted by Crippen LogP contribution is 2.35. The van der Waals surface area contributed by atoms with E-state index in [1.54, 1.807) is 36.4 Å². The monoisotopic (exact) mass is 449 g/mol. The van der Waals surface area contributed by atoms with Crippen LogP contribution in [0.5, 0.6) is 0 Å². The summed E-state index contributed by atoms with van der Waals surface area (Å²) in [5.74, 6) is 0.192. The average Bonchev–Trinajstić information content (AvgIpc) is 2.68. The number of aryl methyl sites for hydroxylation is 1. The number of rotatable bonds is 6. The SMILES string of the molecule is Cc1ccc(S(=O)(=O)N2CCN(c3c(Cl)cccc3NC(=O)CC(C)C)CC2)cc1. The number of nitrogens with zero attached hydrogens (tertiary/aromatic N) is 2. The van der Waals surface area contributed by atoms with Crippen molar-refractivity contribution in [3.05, 3.63) is 53.1 Å². The summed E-state index contributed by atoms with van der Waals surface area (Å²) in [6, 6.07) is 12.3. The molecule has 1 heterocycles. The normalized spacial score (nSPS) is 15.4. The Morgan fingerprint density at radius 2 is 1.70 bits per heavy atom. The summed E-state index contributed by atoms with van der Waals surface area (Å²) in [4.78, 5) is 14.6. The van der Waals surface area contributed by atoms with Gasteiger partial charge in [0.2, 0.25) is 15.9 Å². The highest BCUT2D eigenvalue weighted by Gasteiger charge is 2.30. The average molecular weight is 450 g/mol. The maximum atomic E-state index is 12.9. The molecule has 1 N–H and O–H groups in total. The lowest BCUT2D eigenvalue weighted by atomic mass is 10.1. The Labute approximate surface area is 183 Å². The molecule has 162 valence electrons. The molecule has 8 heteroatoms. The molecule has 0 aromatic heterocycles. The second kappa shape index (κ2) is 9.37. The van der Waals surface area contributed by atoms with Gasteiger partial charge in [0.15, 0.2) is 0 Å². The molecule has 0 unspecified atom stereocenters. The van der Waals surface area contributed by atoms with Gasteiger partial charge in [-0.15, -0.1) is 0 Å². The molecule has 1 aliphatic rings. The summed E-state index contributed by atoms with van der Waals surface area (Å²) < 4.78 is 27.4. The van der Waals surface area contributed by atoms with Gasteiger partial charge in [0, 0.05) is 32.6 Å². The predicted molar refractivity (Wildman–Crippen MR) is 122 cm³/mol. The number of para-hydroxylation sites is 1. The summed E-state index contributed by atoms with van der Waals surface area (Å²) in [5, 5.41) is 3.49. The summed E-state index contributed by atoms with van der Waals surface area (Å²) in [7, 11) is -3.53. The second-order valence-electron chi connectivity index (χ2n) is 7.99. The zero-order chi connectivity index (χ0) is 21.9.